The number of anilines is 1. The third-order valence-electron chi connectivity index (χ3n) is 6.74. The molecule has 3 aromatic heterocycles. The Morgan fingerprint density at radius 2 is 1.91 bits per heavy atom. The van der Waals surface area contributed by atoms with Gasteiger partial charge in [-0.3, -0.25) is 9.13 Å². The molecule has 4 heterocycles. The smallest absolute Gasteiger partial charge is 0.237 e. The summed E-state index contributed by atoms with van der Waals surface area (Å²) in [7, 11) is 0. The number of nitrogens with zero attached hydrogens (tertiary/aromatic N) is 8. The molecule has 1 aliphatic carbocycles. The van der Waals surface area contributed by atoms with Crippen LogP contribution in [0.1, 0.15) is 50.7 Å². The second-order valence-electron chi connectivity index (χ2n) is 8.74. The highest BCUT2D eigenvalue weighted by molar-refractivity contribution is 5.66. The molecule has 4 aromatic rings. The number of aromatic nitrogens is 7. The molecule has 0 spiro atoms. The lowest BCUT2D eigenvalue weighted by atomic mass is 10.0. The van der Waals surface area contributed by atoms with Crippen molar-refractivity contribution in [2.75, 3.05) is 4.90 Å². The quantitative estimate of drug-likeness (QED) is 0.474. The maximum absolute atomic E-state index is 5.15. The fraction of sp³-hybridized carbons (Fsp3) is 0.375. The van der Waals surface area contributed by atoms with E-state index < -0.39 is 0 Å². The minimum atomic E-state index is 0.138. The van der Waals surface area contributed by atoms with E-state index in [9.17, 15) is 0 Å². The van der Waals surface area contributed by atoms with Gasteiger partial charge in [0.1, 0.15) is 17.8 Å². The molecular weight excluding hydrogens is 400 g/mol. The van der Waals surface area contributed by atoms with E-state index in [4.69, 9.17) is 9.97 Å². The molecule has 2 aliphatic rings. The van der Waals surface area contributed by atoms with Gasteiger partial charge in [-0.2, -0.15) is 4.98 Å². The molecule has 1 fully saturated rings. The van der Waals surface area contributed by atoms with Gasteiger partial charge in [0.25, 0.3) is 0 Å². The standard InChI is InChI=1S/C24H26N8/c1-4-19-22-29-26-14-31(22)20-15(2)27-24(28-23(20)32(19)16(3)17-10-11-17)30-13-12-25-21(30)18-8-6-5-7-9-18/h5-9,12-14,16-17,19H,4,10-11H2,1-3H3/t16?,19-/m1/s1. The predicted octanol–water partition coefficient (Wildman–Crippen LogP) is 4.29. The second kappa shape index (κ2) is 7.25. The highest BCUT2D eigenvalue weighted by Crippen LogP contribution is 2.45. The predicted molar refractivity (Wildman–Crippen MR) is 122 cm³/mol. The van der Waals surface area contributed by atoms with E-state index in [1.165, 1.54) is 12.8 Å². The molecule has 0 N–H and O–H groups in total. The number of benzene rings is 1. The van der Waals surface area contributed by atoms with Gasteiger partial charge in [-0.1, -0.05) is 37.3 Å². The Morgan fingerprint density at radius 1 is 1.09 bits per heavy atom. The summed E-state index contributed by atoms with van der Waals surface area (Å²) in [6.07, 6.45) is 9.01. The van der Waals surface area contributed by atoms with Crippen LogP contribution in [0.25, 0.3) is 23.0 Å². The van der Waals surface area contributed by atoms with Crippen molar-refractivity contribution in [2.45, 2.75) is 52.1 Å². The zero-order valence-corrected chi connectivity index (χ0v) is 18.5. The molecule has 1 aliphatic heterocycles. The number of imidazole rings is 1. The second-order valence-corrected chi connectivity index (χ2v) is 8.74. The molecule has 8 nitrogen and oxygen atoms in total. The van der Waals surface area contributed by atoms with Gasteiger partial charge in [0.05, 0.1) is 11.7 Å². The van der Waals surface area contributed by atoms with Crippen molar-refractivity contribution in [1.82, 2.24) is 34.3 Å². The highest BCUT2D eigenvalue weighted by atomic mass is 15.4. The van der Waals surface area contributed by atoms with Gasteiger partial charge in [-0.25, -0.2) is 9.97 Å². The number of rotatable bonds is 5. The van der Waals surface area contributed by atoms with Gasteiger partial charge in [-0.05, 0) is 39.0 Å². The van der Waals surface area contributed by atoms with Gasteiger partial charge in [-0.15, -0.1) is 10.2 Å². The van der Waals surface area contributed by atoms with E-state index in [2.05, 4.69) is 50.6 Å². The molecule has 1 unspecified atom stereocenters. The Kier molecular flexibility index (Phi) is 4.34. The zero-order chi connectivity index (χ0) is 21.8. The van der Waals surface area contributed by atoms with Crippen molar-refractivity contribution in [1.29, 1.82) is 0 Å². The summed E-state index contributed by atoms with van der Waals surface area (Å²) in [6.45, 7) is 6.57. The van der Waals surface area contributed by atoms with Crippen LogP contribution in [0.2, 0.25) is 0 Å². The number of hydrogen-bond acceptors (Lipinski definition) is 6. The minimum Gasteiger partial charge on any atom is -0.341 e. The molecule has 32 heavy (non-hydrogen) atoms. The largest absolute Gasteiger partial charge is 0.341 e. The summed E-state index contributed by atoms with van der Waals surface area (Å²) in [5.74, 6) is 4.09. The van der Waals surface area contributed by atoms with Crippen molar-refractivity contribution in [3.05, 3.63) is 60.6 Å². The lowest BCUT2D eigenvalue weighted by molar-refractivity contribution is 0.453. The average molecular weight is 427 g/mol. The van der Waals surface area contributed by atoms with Crippen LogP contribution < -0.4 is 4.90 Å². The maximum Gasteiger partial charge on any atom is 0.237 e. The first kappa shape index (κ1) is 19.2. The van der Waals surface area contributed by atoms with Crippen molar-refractivity contribution in [3.63, 3.8) is 0 Å². The van der Waals surface area contributed by atoms with E-state index in [0.717, 1.165) is 40.8 Å². The van der Waals surface area contributed by atoms with Crippen LogP contribution in [0.3, 0.4) is 0 Å². The molecule has 6 rings (SSSR count). The molecule has 0 amide bonds. The molecule has 8 heteroatoms. The molecule has 1 saturated carbocycles. The third kappa shape index (κ3) is 2.86. The molecule has 162 valence electrons. The van der Waals surface area contributed by atoms with Gasteiger partial charge in [0.2, 0.25) is 5.95 Å². The summed E-state index contributed by atoms with van der Waals surface area (Å²) < 4.78 is 4.05. The van der Waals surface area contributed by atoms with Crippen LogP contribution in [0.15, 0.2) is 49.1 Å². The first-order valence-corrected chi connectivity index (χ1v) is 11.3. The van der Waals surface area contributed by atoms with Crippen LogP contribution in [0, 0.1) is 12.8 Å². The van der Waals surface area contributed by atoms with Crippen LogP contribution >= 0.6 is 0 Å². The maximum atomic E-state index is 5.15. The molecule has 2 atom stereocenters. The fourth-order valence-corrected chi connectivity index (χ4v) is 4.95. The van der Waals surface area contributed by atoms with Crippen molar-refractivity contribution in [2.24, 2.45) is 5.92 Å². The van der Waals surface area contributed by atoms with E-state index in [1.54, 1.807) is 12.5 Å². The van der Waals surface area contributed by atoms with E-state index in [0.29, 0.717) is 17.9 Å². The van der Waals surface area contributed by atoms with Gasteiger partial charge in [0, 0.05) is 24.0 Å². The minimum absolute atomic E-state index is 0.138. The van der Waals surface area contributed by atoms with Crippen LogP contribution in [0.5, 0.6) is 0 Å². The summed E-state index contributed by atoms with van der Waals surface area (Å²) >= 11 is 0. The first-order valence-electron chi connectivity index (χ1n) is 11.3. The van der Waals surface area contributed by atoms with Crippen molar-refractivity contribution in [3.8, 4) is 23.0 Å². The van der Waals surface area contributed by atoms with Crippen LogP contribution in [0.4, 0.5) is 5.82 Å². The molecule has 0 saturated heterocycles. The normalized spacial score (nSPS) is 18.3. The van der Waals surface area contributed by atoms with Gasteiger partial charge >= 0.3 is 0 Å². The SMILES string of the molecule is CC[C@@H]1c2nncn2-c2c(C)nc(-n3ccnc3-c3ccccc3)nc2N1C(C)C1CC1. The summed E-state index contributed by atoms with van der Waals surface area (Å²) in [6, 6.07) is 10.7. The number of fused-ring (bicyclic) bond motifs is 3. The molecule has 0 bridgehead atoms. The summed E-state index contributed by atoms with van der Waals surface area (Å²) in [4.78, 5) is 17.1. The van der Waals surface area contributed by atoms with Crippen LogP contribution in [-0.2, 0) is 0 Å². The first-order chi connectivity index (χ1) is 15.7. The molecular formula is C24H26N8. The summed E-state index contributed by atoms with van der Waals surface area (Å²) in [5.41, 5.74) is 2.92. The summed E-state index contributed by atoms with van der Waals surface area (Å²) in [5, 5.41) is 8.73. The third-order valence-corrected chi connectivity index (χ3v) is 6.74. The molecule has 1 aromatic carbocycles. The zero-order valence-electron chi connectivity index (χ0n) is 18.5. The topological polar surface area (TPSA) is 77.5 Å². The lowest BCUT2D eigenvalue weighted by Gasteiger charge is -2.41. The average Bonchev–Trinajstić information content (AvgIpc) is 3.35. The van der Waals surface area contributed by atoms with Gasteiger partial charge < -0.3 is 4.90 Å². The Balaban J connectivity index is 1.55. The monoisotopic (exact) mass is 426 g/mol. The van der Waals surface area contributed by atoms with E-state index >= 15 is 0 Å². The fourth-order valence-electron chi connectivity index (χ4n) is 4.95. The van der Waals surface area contributed by atoms with Crippen LogP contribution in [-0.4, -0.2) is 40.3 Å². The Morgan fingerprint density at radius 3 is 2.66 bits per heavy atom. The Labute approximate surface area is 187 Å². The van der Waals surface area contributed by atoms with Crippen molar-refractivity contribution < 1.29 is 0 Å². The lowest BCUT2D eigenvalue weighted by Crippen LogP contribution is -2.43. The Hall–Kier alpha value is -3.55. The van der Waals surface area contributed by atoms with E-state index in [1.807, 2.05) is 35.9 Å². The van der Waals surface area contributed by atoms with Gasteiger partial charge in [0.15, 0.2) is 11.6 Å². The number of aryl methyl sites for hydroxylation is 1. The number of hydrogen-bond donors (Lipinski definition) is 0. The molecule has 0 radical (unpaired) electrons. The Bertz CT molecular complexity index is 1270. The van der Waals surface area contributed by atoms with E-state index in [-0.39, 0.29) is 6.04 Å². The highest BCUT2D eigenvalue weighted by Gasteiger charge is 2.42. The van der Waals surface area contributed by atoms with Crippen molar-refractivity contribution >= 4 is 5.82 Å².